The lowest BCUT2D eigenvalue weighted by atomic mass is 9.85. The second-order valence-corrected chi connectivity index (χ2v) is 6.67. The number of nitrogens with zero attached hydrogens (tertiary/aromatic N) is 1. The van der Waals surface area contributed by atoms with Gasteiger partial charge in [0.2, 0.25) is 0 Å². The summed E-state index contributed by atoms with van der Waals surface area (Å²) < 4.78 is 13.1. The summed E-state index contributed by atoms with van der Waals surface area (Å²) in [7, 11) is 0. The zero-order valence-corrected chi connectivity index (χ0v) is 11.9. The van der Waals surface area contributed by atoms with Crippen LogP contribution < -0.4 is 5.32 Å². The van der Waals surface area contributed by atoms with Gasteiger partial charge < -0.3 is 5.32 Å². The minimum absolute atomic E-state index is 0.176. The standard InChI is InChI=1S/C14H19FN2S/c1-14(2,3)12-7-8-18-13(17-12)16-11-6-4-5-10(15)9-11/h4-6,9,12H,7-8H2,1-3H3,(H,16,17). The van der Waals surface area contributed by atoms with E-state index >= 15 is 0 Å². The molecule has 2 nitrogen and oxygen atoms in total. The number of aliphatic imine (C=N–C) groups is 1. The molecule has 0 aliphatic carbocycles. The van der Waals surface area contributed by atoms with Crippen molar-refractivity contribution < 1.29 is 4.39 Å². The molecule has 0 spiro atoms. The lowest BCUT2D eigenvalue weighted by Crippen LogP contribution is -2.30. The summed E-state index contributed by atoms with van der Waals surface area (Å²) in [5.41, 5.74) is 0.936. The third-order valence-electron chi connectivity index (χ3n) is 2.98. The molecule has 4 heteroatoms. The van der Waals surface area contributed by atoms with E-state index in [0.29, 0.717) is 6.04 Å². The first-order chi connectivity index (χ1) is 8.45. The maximum absolute atomic E-state index is 13.1. The molecule has 0 amide bonds. The lowest BCUT2D eigenvalue weighted by molar-refractivity contribution is 0.316. The smallest absolute Gasteiger partial charge is 0.161 e. The van der Waals surface area contributed by atoms with E-state index in [4.69, 9.17) is 4.99 Å². The van der Waals surface area contributed by atoms with Crippen LogP contribution in [-0.2, 0) is 0 Å². The number of anilines is 1. The van der Waals surface area contributed by atoms with Gasteiger partial charge in [-0.2, -0.15) is 0 Å². The second kappa shape index (κ2) is 5.31. The molecule has 1 aromatic carbocycles. The molecule has 1 heterocycles. The molecule has 18 heavy (non-hydrogen) atoms. The van der Waals surface area contributed by atoms with Gasteiger partial charge in [-0.15, -0.1) is 0 Å². The Kier molecular flexibility index (Phi) is 3.95. The van der Waals surface area contributed by atoms with Crippen LogP contribution in [0.1, 0.15) is 27.2 Å². The minimum Gasteiger partial charge on any atom is -0.335 e. The molecule has 0 radical (unpaired) electrons. The summed E-state index contributed by atoms with van der Waals surface area (Å²) in [6.45, 7) is 6.62. The zero-order chi connectivity index (χ0) is 13.2. The molecule has 0 saturated heterocycles. The van der Waals surface area contributed by atoms with E-state index in [0.717, 1.165) is 23.0 Å². The van der Waals surface area contributed by atoms with Crippen LogP contribution >= 0.6 is 11.8 Å². The van der Waals surface area contributed by atoms with E-state index < -0.39 is 0 Å². The number of hydrogen-bond acceptors (Lipinski definition) is 3. The van der Waals surface area contributed by atoms with E-state index in [1.807, 2.05) is 6.07 Å². The van der Waals surface area contributed by atoms with Gasteiger partial charge in [0.05, 0.1) is 6.04 Å². The molecule has 1 aliphatic heterocycles. The number of benzene rings is 1. The molecule has 1 atom stereocenters. The monoisotopic (exact) mass is 266 g/mol. The Morgan fingerprint density at radius 2 is 2.17 bits per heavy atom. The van der Waals surface area contributed by atoms with Crippen molar-refractivity contribution in [3.05, 3.63) is 30.1 Å². The van der Waals surface area contributed by atoms with Crippen molar-refractivity contribution >= 4 is 22.6 Å². The molecule has 0 aromatic heterocycles. The Hall–Kier alpha value is -1.03. The highest BCUT2D eigenvalue weighted by Crippen LogP contribution is 2.31. The van der Waals surface area contributed by atoms with Crippen LogP contribution in [0.15, 0.2) is 29.3 Å². The van der Waals surface area contributed by atoms with Crippen molar-refractivity contribution in [1.29, 1.82) is 0 Å². The van der Waals surface area contributed by atoms with Crippen LogP contribution in [0.25, 0.3) is 0 Å². The second-order valence-electron chi connectivity index (χ2n) is 5.59. The number of halogens is 1. The molecule has 0 fully saturated rings. The molecule has 0 bridgehead atoms. The highest BCUT2D eigenvalue weighted by Gasteiger charge is 2.27. The fraction of sp³-hybridized carbons (Fsp3) is 0.500. The topological polar surface area (TPSA) is 24.4 Å². The van der Waals surface area contributed by atoms with E-state index in [2.05, 4.69) is 26.1 Å². The van der Waals surface area contributed by atoms with Gasteiger partial charge in [-0.05, 0) is 30.0 Å². The van der Waals surface area contributed by atoms with Crippen molar-refractivity contribution in [3.63, 3.8) is 0 Å². The van der Waals surface area contributed by atoms with Crippen molar-refractivity contribution in [1.82, 2.24) is 0 Å². The van der Waals surface area contributed by atoms with Gasteiger partial charge >= 0.3 is 0 Å². The molecule has 1 unspecified atom stereocenters. The van der Waals surface area contributed by atoms with E-state index in [-0.39, 0.29) is 11.2 Å². The van der Waals surface area contributed by atoms with Gasteiger partial charge in [-0.3, -0.25) is 4.99 Å². The van der Waals surface area contributed by atoms with Crippen LogP contribution in [0.3, 0.4) is 0 Å². The summed E-state index contributed by atoms with van der Waals surface area (Å²) in [5, 5.41) is 4.09. The third kappa shape index (κ3) is 3.48. The number of thioether (sulfide) groups is 1. The molecule has 1 N–H and O–H groups in total. The number of hydrogen-bond donors (Lipinski definition) is 1. The van der Waals surface area contributed by atoms with Crippen LogP contribution in [-0.4, -0.2) is 17.0 Å². The fourth-order valence-corrected chi connectivity index (χ4v) is 2.82. The summed E-state index contributed by atoms with van der Waals surface area (Å²) in [4.78, 5) is 4.72. The van der Waals surface area contributed by atoms with Crippen molar-refractivity contribution in [2.75, 3.05) is 11.1 Å². The van der Waals surface area contributed by atoms with Gasteiger partial charge in [-0.1, -0.05) is 38.6 Å². The normalized spacial score (nSPS) is 20.4. The summed E-state index contributed by atoms with van der Waals surface area (Å²) in [6.07, 6.45) is 1.10. The van der Waals surface area contributed by atoms with Crippen molar-refractivity contribution in [3.8, 4) is 0 Å². The Morgan fingerprint density at radius 3 is 2.83 bits per heavy atom. The van der Waals surface area contributed by atoms with Gasteiger partial charge in [0.15, 0.2) is 5.17 Å². The average molecular weight is 266 g/mol. The molecule has 1 aromatic rings. The highest BCUT2D eigenvalue weighted by atomic mass is 32.2. The van der Waals surface area contributed by atoms with E-state index in [9.17, 15) is 4.39 Å². The first kappa shape index (κ1) is 13.4. The maximum Gasteiger partial charge on any atom is 0.161 e. The first-order valence-electron chi connectivity index (χ1n) is 6.18. The van der Waals surface area contributed by atoms with Gasteiger partial charge in [-0.25, -0.2) is 4.39 Å². The quantitative estimate of drug-likeness (QED) is 0.826. The fourth-order valence-electron chi connectivity index (χ4n) is 1.90. The average Bonchev–Trinajstić information content (AvgIpc) is 2.28. The van der Waals surface area contributed by atoms with Crippen LogP contribution in [0.2, 0.25) is 0 Å². The zero-order valence-electron chi connectivity index (χ0n) is 11.0. The predicted molar refractivity (Wildman–Crippen MR) is 77.8 cm³/mol. The van der Waals surface area contributed by atoms with Gasteiger partial charge in [0.1, 0.15) is 5.82 Å². The number of rotatable bonds is 1. The van der Waals surface area contributed by atoms with Gasteiger partial charge in [0.25, 0.3) is 0 Å². The third-order valence-corrected chi connectivity index (χ3v) is 3.90. The molecular weight excluding hydrogens is 247 g/mol. The first-order valence-corrected chi connectivity index (χ1v) is 7.17. The van der Waals surface area contributed by atoms with Crippen LogP contribution in [0.5, 0.6) is 0 Å². The highest BCUT2D eigenvalue weighted by molar-refractivity contribution is 8.14. The Labute approximate surface area is 112 Å². The van der Waals surface area contributed by atoms with Crippen LogP contribution in [0.4, 0.5) is 10.1 Å². The Balaban J connectivity index is 2.11. The number of nitrogens with one attached hydrogen (secondary N) is 1. The molecule has 1 aliphatic rings. The lowest BCUT2D eigenvalue weighted by Gasteiger charge is -2.31. The Bertz CT molecular complexity index is 451. The van der Waals surface area contributed by atoms with Gasteiger partial charge in [0, 0.05) is 11.4 Å². The minimum atomic E-state index is -0.228. The molecule has 2 rings (SSSR count). The summed E-state index contributed by atoms with van der Waals surface area (Å²) in [5.74, 6) is 0.831. The van der Waals surface area contributed by atoms with Crippen molar-refractivity contribution in [2.24, 2.45) is 10.4 Å². The SMILES string of the molecule is CC(C)(C)C1CCSC(Nc2cccc(F)c2)=N1. The Morgan fingerprint density at radius 1 is 1.39 bits per heavy atom. The predicted octanol–water partition coefficient (Wildman–Crippen LogP) is 4.15. The maximum atomic E-state index is 13.1. The molecule has 98 valence electrons. The number of amidine groups is 1. The van der Waals surface area contributed by atoms with E-state index in [1.165, 1.54) is 12.1 Å². The largest absolute Gasteiger partial charge is 0.335 e. The van der Waals surface area contributed by atoms with Crippen molar-refractivity contribution in [2.45, 2.75) is 33.2 Å². The molecule has 0 saturated carbocycles. The molecular formula is C14H19FN2S. The van der Waals surface area contributed by atoms with E-state index in [1.54, 1.807) is 17.8 Å². The van der Waals surface area contributed by atoms with Crippen LogP contribution in [0, 0.1) is 11.2 Å². The summed E-state index contributed by atoms with van der Waals surface area (Å²) >= 11 is 1.70. The summed E-state index contributed by atoms with van der Waals surface area (Å²) in [6, 6.07) is 6.82.